The van der Waals surface area contributed by atoms with Gasteiger partial charge in [0.15, 0.2) is 0 Å². The van der Waals surface area contributed by atoms with E-state index in [4.69, 9.17) is 0 Å². The molecule has 0 radical (unpaired) electrons. The minimum absolute atomic E-state index is 0.150. The second kappa shape index (κ2) is 5.45. The molecule has 0 saturated heterocycles. The molecule has 0 aliphatic heterocycles. The molecule has 0 aromatic heterocycles. The smallest absolute Gasteiger partial charge is 0.103 e. The SMILES string of the molecule is C=CCC(C)C(F)CCC. The summed E-state index contributed by atoms with van der Waals surface area (Å²) in [5, 5.41) is 0. The summed E-state index contributed by atoms with van der Waals surface area (Å²) in [6.07, 6.45) is 3.56. The van der Waals surface area contributed by atoms with Gasteiger partial charge in [0.2, 0.25) is 0 Å². The lowest BCUT2D eigenvalue weighted by molar-refractivity contribution is 0.227. The average molecular weight is 144 g/mol. The highest BCUT2D eigenvalue weighted by Crippen LogP contribution is 2.16. The van der Waals surface area contributed by atoms with Crippen LogP contribution in [-0.4, -0.2) is 6.17 Å². The molecule has 2 unspecified atom stereocenters. The van der Waals surface area contributed by atoms with Gasteiger partial charge in [-0.25, -0.2) is 4.39 Å². The van der Waals surface area contributed by atoms with Gasteiger partial charge in [-0.15, -0.1) is 6.58 Å². The van der Waals surface area contributed by atoms with Crippen molar-refractivity contribution in [2.75, 3.05) is 0 Å². The molecule has 0 aliphatic carbocycles. The summed E-state index contributed by atoms with van der Waals surface area (Å²) < 4.78 is 12.9. The maximum Gasteiger partial charge on any atom is 0.103 e. The molecule has 0 fully saturated rings. The summed E-state index contributed by atoms with van der Waals surface area (Å²) >= 11 is 0. The molecule has 0 bridgehead atoms. The summed E-state index contributed by atoms with van der Waals surface area (Å²) in [6, 6.07) is 0. The molecule has 0 aromatic carbocycles. The van der Waals surface area contributed by atoms with Crippen molar-refractivity contribution < 1.29 is 4.39 Å². The minimum atomic E-state index is -0.636. The van der Waals surface area contributed by atoms with E-state index < -0.39 is 6.17 Å². The van der Waals surface area contributed by atoms with E-state index in [-0.39, 0.29) is 5.92 Å². The van der Waals surface area contributed by atoms with Crippen molar-refractivity contribution in [1.29, 1.82) is 0 Å². The second-order valence-corrected chi connectivity index (χ2v) is 2.81. The molecule has 0 heterocycles. The topological polar surface area (TPSA) is 0 Å². The zero-order chi connectivity index (χ0) is 7.98. The molecule has 60 valence electrons. The maximum atomic E-state index is 12.9. The van der Waals surface area contributed by atoms with Crippen LogP contribution in [0, 0.1) is 5.92 Å². The van der Waals surface area contributed by atoms with Crippen LogP contribution in [0.2, 0.25) is 0 Å². The summed E-state index contributed by atoms with van der Waals surface area (Å²) in [4.78, 5) is 0. The molecular weight excluding hydrogens is 127 g/mol. The van der Waals surface area contributed by atoms with Crippen molar-refractivity contribution in [3.8, 4) is 0 Å². The monoisotopic (exact) mass is 144 g/mol. The highest BCUT2D eigenvalue weighted by molar-refractivity contribution is 4.75. The summed E-state index contributed by atoms with van der Waals surface area (Å²) in [6.45, 7) is 7.52. The largest absolute Gasteiger partial charge is 0.247 e. The Balaban J connectivity index is 3.47. The van der Waals surface area contributed by atoms with Crippen LogP contribution in [0.5, 0.6) is 0 Å². The van der Waals surface area contributed by atoms with E-state index in [9.17, 15) is 4.39 Å². The summed E-state index contributed by atoms with van der Waals surface area (Å²) in [5.74, 6) is 0.150. The number of rotatable bonds is 5. The van der Waals surface area contributed by atoms with Crippen molar-refractivity contribution in [1.82, 2.24) is 0 Å². The molecule has 0 amide bonds. The Kier molecular flexibility index (Phi) is 5.27. The average Bonchev–Trinajstić information content (AvgIpc) is 1.89. The van der Waals surface area contributed by atoms with Crippen molar-refractivity contribution in [3.63, 3.8) is 0 Å². The fourth-order valence-corrected chi connectivity index (χ4v) is 0.971. The van der Waals surface area contributed by atoms with Crippen LogP contribution in [0.4, 0.5) is 4.39 Å². The fraction of sp³-hybridized carbons (Fsp3) is 0.778. The summed E-state index contributed by atoms with van der Waals surface area (Å²) in [7, 11) is 0. The van der Waals surface area contributed by atoms with Gasteiger partial charge < -0.3 is 0 Å². The third-order valence-corrected chi connectivity index (χ3v) is 1.72. The van der Waals surface area contributed by atoms with Crippen LogP contribution < -0.4 is 0 Å². The first-order valence-electron chi connectivity index (χ1n) is 3.97. The lowest BCUT2D eigenvalue weighted by Gasteiger charge is -2.12. The molecule has 1 heteroatoms. The van der Waals surface area contributed by atoms with Gasteiger partial charge in [0.05, 0.1) is 0 Å². The number of hydrogen-bond donors (Lipinski definition) is 0. The van der Waals surface area contributed by atoms with Crippen LogP contribution >= 0.6 is 0 Å². The van der Waals surface area contributed by atoms with Crippen molar-refractivity contribution in [2.24, 2.45) is 5.92 Å². The molecule has 0 saturated carbocycles. The van der Waals surface area contributed by atoms with Crippen LogP contribution in [0.3, 0.4) is 0 Å². The van der Waals surface area contributed by atoms with E-state index in [1.807, 2.05) is 13.8 Å². The zero-order valence-electron chi connectivity index (χ0n) is 6.94. The first-order chi connectivity index (χ1) is 4.72. The van der Waals surface area contributed by atoms with Crippen LogP contribution in [0.15, 0.2) is 12.7 Å². The van der Waals surface area contributed by atoms with E-state index in [1.165, 1.54) is 0 Å². The molecule has 10 heavy (non-hydrogen) atoms. The Morgan fingerprint density at radius 2 is 2.20 bits per heavy atom. The van der Waals surface area contributed by atoms with E-state index in [0.29, 0.717) is 6.42 Å². The predicted molar refractivity (Wildman–Crippen MR) is 43.8 cm³/mol. The van der Waals surface area contributed by atoms with Gasteiger partial charge in [-0.2, -0.15) is 0 Å². The quantitative estimate of drug-likeness (QED) is 0.519. The van der Waals surface area contributed by atoms with Gasteiger partial charge in [0, 0.05) is 0 Å². The van der Waals surface area contributed by atoms with Gasteiger partial charge in [0.25, 0.3) is 0 Å². The first-order valence-corrected chi connectivity index (χ1v) is 3.97. The third kappa shape index (κ3) is 3.65. The maximum absolute atomic E-state index is 12.9. The Morgan fingerprint density at radius 3 is 2.60 bits per heavy atom. The minimum Gasteiger partial charge on any atom is -0.247 e. The molecule has 0 spiro atoms. The number of allylic oxidation sites excluding steroid dienone is 1. The van der Waals surface area contributed by atoms with Gasteiger partial charge in [-0.1, -0.05) is 26.3 Å². The van der Waals surface area contributed by atoms with Gasteiger partial charge >= 0.3 is 0 Å². The Morgan fingerprint density at radius 1 is 1.60 bits per heavy atom. The third-order valence-electron chi connectivity index (χ3n) is 1.72. The standard InChI is InChI=1S/C9H17F/c1-4-6-8(3)9(10)7-5-2/h4,8-9H,1,5-7H2,2-3H3. The van der Waals surface area contributed by atoms with E-state index in [1.54, 1.807) is 6.08 Å². The second-order valence-electron chi connectivity index (χ2n) is 2.81. The van der Waals surface area contributed by atoms with Gasteiger partial charge in [0.1, 0.15) is 6.17 Å². The molecular formula is C9H17F. The lowest BCUT2D eigenvalue weighted by atomic mass is 9.99. The van der Waals surface area contributed by atoms with Crippen molar-refractivity contribution >= 4 is 0 Å². The molecule has 0 nitrogen and oxygen atoms in total. The van der Waals surface area contributed by atoms with Crippen molar-refractivity contribution in [2.45, 2.75) is 39.3 Å². The summed E-state index contributed by atoms with van der Waals surface area (Å²) in [5.41, 5.74) is 0. The van der Waals surface area contributed by atoms with E-state index in [0.717, 1.165) is 12.8 Å². The number of halogens is 1. The zero-order valence-corrected chi connectivity index (χ0v) is 6.94. The molecule has 0 aliphatic rings. The normalized spacial score (nSPS) is 16.3. The van der Waals surface area contributed by atoms with Crippen LogP contribution in [0.25, 0.3) is 0 Å². The Labute approximate surface area is 63.1 Å². The first kappa shape index (κ1) is 9.67. The molecule has 0 rings (SSSR count). The van der Waals surface area contributed by atoms with E-state index >= 15 is 0 Å². The number of alkyl halides is 1. The lowest BCUT2D eigenvalue weighted by Crippen LogP contribution is -2.10. The Hall–Kier alpha value is -0.330. The highest BCUT2D eigenvalue weighted by Gasteiger charge is 2.12. The predicted octanol–water partition coefficient (Wildman–Crippen LogP) is 3.34. The van der Waals surface area contributed by atoms with Crippen molar-refractivity contribution in [3.05, 3.63) is 12.7 Å². The van der Waals surface area contributed by atoms with E-state index in [2.05, 4.69) is 6.58 Å². The number of hydrogen-bond acceptors (Lipinski definition) is 0. The molecule has 0 aromatic rings. The van der Waals surface area contributed by atoms with Crippen LogP contribution in [0.1, 0.15) is 33.1 Å². The van der Waals surface area contributed by atoms with Crippen LogP contribution in [-0.2, 0) is 0 Å². The highest BCUT2D eigenvalue weighted by atomic mass is 19.1. The Bertz CT molecular complexity index is 88.7. The van der Waals surface area contributed by atoms with Gasteiger partial charge in [-0.05, 0) is 18.8 Å². The molecule has 2 atom stereocenters. The molecule has 0 N–H and O–H groups in total. The van der Waals surface area contributed by atoms with Gasteiger partial charge in [-0.3, -0.25) is 0 Å². The fourth-order valence-electron chi connectivity index (χ4n) is 0.971.